The van der Waals surface area contributed by atoms with Crippen LogP contribution in [0.5, 0.6) is 0 Å². The summed E-state index contributed by atoms with van der Waals surface area (Å²) in [4.78, 5) is 27.9. The summed E-state index contributed by atoms with van der Waals surface area (Å²) in [6, 6.07) is 0. The maximum absolute atomic E-state index is 11.9. The van der Waals surface area contributed by atoms with Crippen molar-refractivity contribution in [3.63, 3.8) is 0 Å². The van der Waals surface area contributed by atoms with E-state index in [1.54, 1.807) is 27.8 Å². The highest BCUT2D eigenvalue weighted by molar-refractivity contribution is 7.17. The standard InChI is InChI=1S/C11H18N4O2S/c1-6-7(18-10(12)15-6)8(16)14-5-11(2,3)9(17)13-4/h5H2,1-4H3,(H2,12,15)(H,13,17)(H,14,16). The Balaban J connectivity index is 2.67. The van der Waals surface area contributed by atoms with E-state index in [2.05, 4.69) is 15.6 Å². The Morgan fingerprint density at radius 1 is 1.44 bits per heavy atom. The average Bonchev–Trinajstić information content (AvgIpc) is 2.64. The molecule has 4 N–H and O–H groups in total. The molecule has 0 saturated heterocycles. The lowest BCUT2D eigenvalue weighted by molar-refractivity contribution is -0.128. The molecule has 0 aromatic carbocycles. The number of thiazole rings is 1. The molecule has 18 heavy (non-hydrogen) atoms. The first-order chi connectivity index (χ1) is 8.27. The van der Waals surface area contributed by atoms with Gasteiger partial charge in [0.2, 0.25) is 5.91 Å². The number of rotatable bonds is 4. The number of aryl methyl sites for hydroxylation is 1. The predicted molar refractivity (Wildman–Crippen MR) is 71.4 cm³/mol. The molecule has 1 heterocycles. The smallest absolute Gasteiger partial charge is 0.263 e. The highest BCUT2D eigenvalue weighted by atomic mass is 32.1. The number of hydrogen-bond acceptors (Lipinski definition) is 5. The molecule has 0 aliphatic carbocycles. The highest BCUT2D eigenvalue weighted by Crippen LogP contribution is 2.20. The molecule has 1 aromatic heterocycles. The first-order valence-electron chi connectivity index (χ1n) is 5.51. The van der Waals surface area contributed by atoms with Gasteiger partial charge < -0.3 is 16.4 Å². The fourth-order valence-electron chi connectivity index (χ4n) is 1.43. The first kappa shape index (κ1) is 14.4. The maximum Gasteiger partial charge on any atom is 0.263 e. The summed E-state index contributed by atoms with van der Waals surface area (Å²) in [5.41, 5.74) is 5.48. The fourth-order valence-corrected chi connectivity index (χ4v) is 2.18. The van der Waals surface area contributed by atoms with Crippen LogP contribution in [0.3, 0.4) is 0 Å². The van der Waals surface area contributed by atoms with Gasteiger partial charge in [0.15, 0.2) is 5.13 Å². The van der Waals surface area contributed by atoms with Gasteiger partial charge in [0.25, 0.3) is 5.91 Å². The minimum Gasteiger partial charge on any atom is -0.375 e. The van der Waals surface area contributed by atoms with Gasteiger partial charge in [0.1, 0.15) is 4.88 Å². The largest absolute Gasteiger partial charge is 0.375 e. The van der Waals surface area contributed by atoms with Crippen molar-refractivity contribution in [3.05, 3.63) is 10.6 Å². The topological polar surface area (TPSA) is 97.1 Å². The zero-order chi connectivity index (χ0) is 13.9. The van der Waals surface area contributed by atoms with E-state index in [9.17, 15) is 9.59 Å². The van der Waals surface area contributed by atoms with Crippen molar-refractivity contribution in [1.29, 1.82) is 0 Å². The Morgan fingerprint density at radius 3 is 2.50 bits per heavy atom. The predicted octanol–water partition coefficient (Wildman–Crippen LogP) is 0.536. The van der Waals surface area contributed by atoms with Crippen molar-refractivity contribution in [1.82, 2.24) is 15.6 Å². The van der Waals surface area contributed by atoms with Crippen LogP contribution in [-0.4, -0.2) is 30.4 Å². The molecule has 7 heteroatoms. The molecule has 0 aliphatic heterocycles. The SMILES string of the molecule is CNC(=O)C(C)(C)CNC(=O)c1sc(N)nc1C. The second-order valence-corrected chi connectivity index (χ2v) is 5.64. The van der Waals surface area contributed by atoms with Gasteiger partial charge in [0.05, 0.1) is 11.1 Å². The number of amides is 2. The Kier molecular flexibility index (Phi) is 4.28. The second kappa shape index (κ2) is 5.34. The quantitative estimate of drug-likeness (QED) is 0.743. The van der Waals surface area contributed by atoms with Gasteiger partial charge in [-0.2, -0.15) is 0 Å². The van der Waals surface area contributed by atoms with E-state index < -0.39 is 5.41 Å². The lowest BCUT2D eigenvalue weighted by Crippen LogP contribution is -2.43. The molecule has 0 radical (unpaired) electrons. The van der Waals surface area contributed by atoms with E-state index >= 15 is 0 Å². The van der Waals surface area contributed by atoms with Crippen molar-refractivity contribution in [2.75, 3.05) is 19.3 Å². The van der Waals surface area contributed by atoms with Crippen molar-refractivity contribution in [2.45, 2.75) is 20.8 Å². The van der Waals surface area contributed by atoms with Crippen LogP contribution < -0.4 is 16.4 Å². The summed E-state index contributed by atoms with van der Waals surface area (Å²) in [5, 5.41) is 5.65. The summed E-state index contributed by atoms with van der Waals surface area (Å²) in [5.74, 6) is -0.373. The summed E-state index contributed by atoms with van der Waals surface area (Å²) in [6.45, 7) is 5.51. The average molecular weight is 270 g/mol. The van der Waals surface area contributed by atoms with Gasteiger partial charge >= 0.3 is 0 Å². The summed E-state index contributed by atoms with van der Waals surface area (Å²) >= 11 is 1.14. The third-order valence-corrected chi connectivity index (χ3v) is 3.54. The number of aromatic nitrogens is 1. The summed E-state index contributed by atoms with van der Waals surface area (Å²) in [6.07, 6.45) is 0. The second-order valence-electron chi connectivity index (χ2n) is 4.61. The molecule has 0 saturated carbocycles. The van der Waals surface area contributed by atoms with Crippen LogP contribution >= 0.6 is 11.3 Å². The number of nitrogens with one attached hydrogen (secondary N) is 2. The van der Waals surface area contributed by atoms with Gasteiger partial charge in [-0.3, -0.25) is 9.59 Å². The molecule has 2 amide bonds. The van der Waals surface area contributed by atoms with Gasteiger partial charge in [-0.15, -0.1) is 0 Å². The van der Waals surface area contributed by atoms with Crippen molar-refractivity contribution in [3.8, 4) is 0 Å². The fraction of sp³-hybridized carbons (Fsp3) is 0.545. The van der Waals surface area contributed by atoms with E-state index in [-0.39, 0.29) is 18.4 Å². The van der Waals surface area contributed by atoms with Crippen LogP contribution in [0.15, 0.2) is 0 Å². The lowest BCUT2D eigenvalue weighted by Gasteiger charge is -2.22. The van der Waals surface area contributed by atoms with Gasteiger partial charge in [0, 0.05) is 13.6 Å². The van der Waals surface area contributed by atoms with Gasteiger partial charge in [-0.05, 0) is 20.8 Å². The maximum atomic E-state index is 11.9. The number of carbonyl (C=O) groups excluding carboxylic acids is 2. The highest BCUT2D eigenvalue weighted by Gasteiger charge is 2.27. The van der Waals surface area contributed by atoms with E-state index in [1.807, 2.05) is 0 Å². The molecule has 1 rings (SSSR count). The van der Waals surface area contributed by atoms with Crippen LogP contribution in [0.4, 0.5) is 5.13 Å². The van der Waals surface area contributed by atoms with Crippen molar-refractivity contribution in [2.24, 2.45) is 5.41 Å². The number of hydrogen-bond donors (Lipinski definition) is 3. The minimum absolute atomic E-state index is 0.122. The Hall–Kier alpha value is -1.63. The Labute approximate surface area is 110 Å². The Morgan fingerprint density at radius 2 is 2.06 bits per heavy atom. The normalized spacial score (nSPS) is 11.1. The monoisotopic (exact) mass is 270 g/mol. The molecule has 6 nitrogen and oxygen atoms in total. The van der Waals surface area contributed by atoms with Crippen LogP contribution in [0, 0.1) is 12.3 Å². The molecule has 0 spiro atoms. The summed E-state index contributed by atoms with van der Waals surface area (Å²) in [7, 11) is 1.57. The minimum atomic E-state index is -0.658. The van der Waals surface area contributed by atoms with Gasteiger partial charge in [-0.25, -0.2) is 4.98 Å². The molecule has 100 valence electrons. The molecule has 0 fully saturated rings. The Bertz CT molecular complexity index is 468. The third kappa shape index (κ3) is 3.19. The molecule has 0 aliphatic rings. The zero-order valence-corrected chi connectivity index (χ0v) is 11.8. The molecule has 1 aromatic rings. The van der Waals surface area contributed by atoms with Crippen molar-refractivity contribution >= 4 is 28.3 Å². The van der Waals surface area contributed by atoms with Crippen LogP contribution in [-0.2, 0) is 4.79 Å². The van der Waals surface area contributed by atoms with Crippen LogP contribution in [0.25, 0.3) is 0 Å². The number of anilines is 1. The molecular formula is C11H18N4O2S. The molecule has 0 bridgehead atoms. The van der Waals surface area contributed by atoms with E-state index in [1.165, 1.54) is 0 Å². The number of carbonyl (C=O) groups is 2. The number of nitrogens with zero attached hydrogens (tertiary/aromatic N) is 1. The number of nitrogen functional groups attached to an aromatic ring is 1. The van der Waals surface area contributed by atoms with Crippen LogP contribution in [0.1, 0.15) is 29.2 Å². The first-order valence-corrected chi connectivity index (χ1v) is 6.33. The number of nitrogens with two attached hydrogens (primary N) is 1. The van der Waals surface area contributed by atoms with Crippen LogP contribution in [0.2, 0.25) is 0 Å². The van der Waals surface area contributed by atoms with E-state index in [0.717, 1.165) is 11.3 Å². The lowest BCUT2D eigenvalue weighted by atomic mass is 9.92. The zero-order valence-electron chi connectivity index (χ0n) is 11.0. The van der Waals surface area contributed by atoms with Crippen molar-refractivity contribution < 1.29 is 9.59 Å². The third-order valence-electron chi connectivity index (χ3n) is 2.55. The summed E-state index contributed by atoms with van der Waals surface area (Å²) < 4.78 is 0. The molecule has 0 unspecified atom stereocenters. The van der Waals surface area contributed by atoms with Gasteiger partial charge in [-0.1, -0.05) is 11.3 Å². The van der Waals surface area contributed by atoms with E-state index in [4.69, 9.17) is 5.73 Å². The van der Waals surface area contributed by atoms with E-state index in [0.29, 0.717) is 15.7 Å². The molecular weight excluding hydrogens is 252 g/mol. The molecule has 0 atom stereocenters.